The summed E-state index contributed by atoms with van der Waals surface area (Å²) in [7, 11) is 0. The van der Waals surface area contributed by atoms with Crippen molar-refractivity contribution in [3.63, 3.8) is 0 Å². The monoisotopic (exact) mass is 266 g/mol. The van der Waals surface area contributed by atoms with Crippen LogP contribution in [0.5, 0.6) is 0 Å². The second kappa shape index (κ2) is 8.03. The van der Waals surface area contributed by atoms with Crippen molar-refractivity contribution in [3.8, 4) is 0 Å². The minimum Gasteiger partial charge on any atom is -0.375 e. The average molecular weight is 266 g/mol. The van der Waals surface area contributed by atoms with E-state index < -0.39 is 0 Å². The zero-order chi connectivity index (χ0) is 13.4. The van der Waals surface area contributed by atoms with E-state index in [0.717, 1.165) is 23.4 Å². The molecule has 0 aromatic heterocycles. The van der Waals surface area contributed by atoms with Gasteiger partial charge >= 0.3 is 0 Å². The second-order valence-electron chi connectivity index (χ2n) is 4.13. The standard InChI is InChI=1S/C14H22N2OS/c1-4-11(5-2)16-14(17)10-15-12-8-6-7-9-13(12)18-3/h6-9,11,15H,4-5,10H2,1-3H3,(H,16,17). The van der Waals surface area contributed by atoms with Gasteiger partial charge in [-0.3, -0.25) is 4.79 Å². The fourth-order valence-electron chi connectivity index (χ4n) is 1.74. The number of hydrogen-bond acceptors (Lipinski definition) is 3. The molecule has 1 aromatic carbocycles. The molecule has 2 N–H and O–H groups in total. The lowest BCUT2D eigenvalue weighted by Gasteiger charge is -2.16. The predicted octanol–water partition coefficient (Wildman–Crippen LogP) is 3.13. The molecule has 3 nitrogen and oxygen atoms in total. The number of nitrogens with one attached hydrogen (secondary N) is 2. The van der Waals surface area contributed by atoms with Crippen LogP contribution in [0.25, 0.3) is 0 Å². The Morgan fingerprint density at radius 3 is 2.56 bits per heavy atom. The average Bonchev–Trinajstić information content (AvgIpc) is 2.42. The van der Waals surface area contributed by atoms with E-state index in [4.69, 9.17) is 0 Å². The lowest BCUT2D eigenvalue weighted by molar-refractivity contribution is -0.120. The Hall–Kier alpha value is -1.16. The minimum atomic E-state index is 0.0552. The number of benzene rings is 1. The van der Waals surface area contributed by atoms with Gasteiger partial charge in [-0.1, -0.05) is 26.0 Å². The maximum absolute atomic E-state index is 11.8. The molecule has 18 heavy (non-hydrogen) atoms. The molecule has 0 saturated heterocycles. The highest BCUT2D eigenvalue weighted by atomic mass is 32.2. The van der Waals surface area contributed by atoms with Gasteiger partial charge in [0.2, 0.25) is 5.91 Å². The molecule has 0 aliphatic rings. The molecule has 0 unspecified atom stereocenters. The van der Waals surface area contributed by atoms with Crippen molar-refractivity contribution >= 4 is 23.4 Å². The third-order valence-electron chi connectivity index (χ3n) is 2.90. The third-order valence-corrected chi connectivity index (χ3v) is 3.69. The first-order valence-electron chi connectivity index (χ1n) is 6.37. The number of rotatable bonds is 7. The zero-order valence-corrected chi connectivity index (χ0v) is 12.1. The Bertz CT molecular complexity index is 378. The van der Waals surface area contributed by atoms with Crippen molar-refractivity contribution in [1.82, 2.24) is 5.32 Å². The smallest absolute Gasteiger partial charge is 0.239 e. The van der Waals surface area contributed by atoms with Crippen molar-refractivity contribution in [2.45, 2.75) is 37.6 Å². The van der Waals surface area contributed by atoms with Crippen molar-refractivity contribution in [3.05, 3.63) is 24.3 Å². The van der Waals surface area contributed by atoms with Crippen LogP contribution in [0, 0.1) is 0 Å². The van der Waals surface area contributed by atoms with Gasteiger partial charge in [0.25, 0.3) is 0 Å². The molecule has 0 fully saturated rings. The minimum absolute atomic E-state index is 0.0552. The van der Waals surface area contributed by atoms with Crippen molar-refractivity contribution in [2.75, 3.05) is 18.1 Å². The number of carbonyl (C=O) groups excluding carboxylic acids is 1. The van der Waals surface area contributed by atoms with E-state index in [2.05, 4.69) is 24.5 Å². The zero-order valence-electron chi connectivity index (χ0n) is 11.3. The Labute approximate surface area is 114 Å². The van der Waals surface area contributed by atoms with Gasteiger partial charge < -0.3 is 10.6 Å². The first-order valence-corrected chi connectivity index (χ1v) is 7.60. The molecule has 1 rings (SSSR count). The van der Waals surface area contributed by atoms with Crippen molar-refractivity contribution < 1.29 is 4.79 Å². The van der Waals surface area contributed by atoms with E-state index in [1.165, 1.54) is 0 Å². The summed E-state index contributed by atoms with van der Waals surface area (Å²) in [6.07, 6.45) is 3.98. The van der Waals surface area contributed by atoms with Gasteiger partial charge in [-0.15, -0.1) is 11.8 Å². The molecule has 0 bridgehead atoms. The van der Waals surface area contributed by atoms with Gasteiger partial charge in [0, 0.05) is 16.6 Å². The van der Waals surface area contributed by atoms with Gasteiger partial charge in [0.05, 0.1) is 6.54 Å². The van der Waals surface area contributed by atoms with Crippen LogP contribution in [0.3, 0.4) is 0 Å². The topological polar surface area (TPSA) is 41.1 Å². The molecule has 0 spiro atoms. The molecule has 0 atom stereocenters. The number of thioether (sulfide) groups is 1. The van der Waals surface area contributed by atoms with Crippen LogP contribution in [0.1, 0.15) is 26.7 Å². The molecule has 0 aliphatic heterocycles. The highest BCUT2D eigenvalue weighted by molar-refractivity contribution is 7.98. The lowest BCUT2D eigenvalue weighted by Crippen LogP contribution is -2.37. The Morgan fingerprint density at radius 1 is 1.28 bits per heavy atom. The number of carbonyl (C=O) groups is 1. The summed E-state index contributed by atoms with van der Waals surface area (Å²) in [6, 6.07) is 8.31. The van der Waals surface area contributed by atoms with E-state index in [9.17, 15) is 4.79 Å². The fourth-order valence-corrected chi connectivity index (χ4v) is 2.31. The van der Waals surface area contributed by atoms with E-state index >= 15 is 0 Å². The molecule has 0 saturated carbocycles. The number of hydrogen-bond donors (Lipinski definition) is 2. The summed E-state index contributed by atoms with van der Waals surface area (Å²) in [5, 5.41) is 6.20. The van der Waals surface area contributed by atoms with Crippen molar-refractivity contribution in [2.24, 2.45) is 0 Å². The van der Waals surface area contributed by atoms with Crippen LogP contribution in [-0.4, -0.2) is 24.7 Å². The summed E-state index contributed by atoms with van der Waals surface area (Å²) in [4.78, 5) is 12.9. The van der Waals surface area contributed by atoms with Crippen LogP contribution >= 0.6 is 11.8 Å². The van der Waals surface area contributed by atoms with Crippen LogP contribution in [0.4, 0.5) is 5.69 Å². The highest BCUT2D eigenvalue weighted by Crippen LogP contribution is 2.24. The SMILES string of the molecule is CCC(CC)NC(=O)CNc1ccccc1SC. The third kappa shape index (κ3) is 4.61. The highest BCUT2D eigenvalue weighted by Gasteiger charge is 2.08. The molecule has 0 radical (unpaired) electrons. The summed E-state index contributed by atoms with van der Waals surface area (Å²) in [6.45, 7) is 4.50. The van der Waals surface area contributed by atoms with Gasteiger partial charge in [-0.05, 0) is 31.2 Å². The molecule has 0 heterocycles. The van der Waals surface area contributed by atoms with E-state index in [0.29, 0.717) is 6.54 Å². The van der Waals surface area contributed by atoms with Crippen LogP contribution in [-0.2, 0) is 4.79 Å². The molecular formula is C14H22N2OS. The predicted molar refractivity (Wildman–Crippen MR) is 79.2 cm³/mol. The van der Waals surface area contributed by atoms with E-state index in [-0.39, 0.29) is 11.9 Å². The molecular weight excluding hydrogens is 244 g/mol. The van der Waals surface area contributed by atoms with Gasteiger partial charge in [-0.25, -0.2) is 0 Å². The molecule has 4 heteroatoms. The first kappa shape index (κ1) is 14.9. The summed E-state index contributed by atoms with van der Waals surface area (Å²) in [5.74, 6) is 0.0552. The lowest BCUT2D eigenvalue weighted by atomic mass is 10.2. The van der Waals surface area contributed by atoms with E-state index in [1.54, 1.807) is 11.8 Å². The van der Waals surface area contributed by atoms with Crippen molar-refractivity contribution in [1.29, 1.82) is 0 Å². The second-order valence-corrected chi connectivity index (χ2v) is 4.98. The largest absolute Gasteiger partial charge is 0.375 e. The van der Waals surface area contributed by atoms with Gasteiger partial charge in [0.1, 0.15) is 0 Å². The van der Waals surface area contributed by atoms with Crippen LogP contribution in [0.15, 0.2) is 29.2 Å². The maximum atomic E-state index is 11.8. The normalized spacial score (nSPS) is 10.4. The quantitative estimate of drug-likeness (QED) is 0.745. The number of amides is 1. The first-order chi connectivity index (χ1) is 8.71. The number of para-hydroxylation sites is 1. The molecule has 0 aliphatic carbocycles. The Morgan fingerprint density at radius 2 is 1.94 bits per heavy atom. The van der Waals surface area contributed by atoms with Gasteiger partial charge in [-0.2, -0.15) is 0 Å². The fraction of sp³-hybridized carbons (Fsp3) is 0.500. The molecule has 1 aromatic rings. The van der Waals surface area contributed by atoms with E-state index in [1.807, 2.05) is 30.5 Å². The van der Waals surface area contributed by atoms with Crippen LogP contribution in [0.2, 0.25) is 0 Å². The maximum Gasteiger partial charge on any atom is 0.239 e. The summed E-state index contributed by atoms with van der Waals surface area (Å²) >= 11 is 1.68. The summed E-state index contributed by atoms with van der Waals surface area (Å²) < 4.78 is 0. The van der Waals surface area contributed by atoms with Crippen LogP contribution < -0.4 is 10.6 Å². The van der Waals surface area contributed by atoms with Gasteiger partial charge in [0.15, 0.2) is 0 Å². The Kier molecular flexibility index (Phi) is 6.65. The summed E-state index contributed by atoms with van der Waals surface area (Å²) in [5.41, 5.74) is 1.02. The molecule has 1 amide bonds. The number of anilines is 1. The molecule has 100 valence electrons. The Balaban J connectivity index is 2.47.